The summed E-state index contributed by atoms with van der Waals surface area (Å²) < 4.78 is 34.1. The van der Waals surface area contributed by atoms with Crippen LogP contribution in [0.1, 0.15) is 11.1 Å². The maximum absolute atomic E-state index is 6.24. The van der Waals surface area contributed by atoms with E-state index in [4.69, 9.17) is 28.4 Å². The zero-order valence-electron chi connectivity index (χ0n) is 15.7. The SMILES string of the molecule is c1cc2c(OC[C@H]3CO3)c(CC3CO3)ccc2c(OCC2CO2)c1CC1CO1. The van der Waals surface area contributed by atoms with Gasteiger partial charge in [0.25, 0.3) is 0 Å². The molecule has 6 rings (SSSR count). The van der Waals surface area contributed by atoms with Gasteiger partial charge in [-0.2, -0.15) is 0 Å². The molecule has 0 radical (unpaired) electrons. The number of ether oxygens (including phenoxy) is 6. The number of fused-ring (bicyclic) bond motifs is 1. The van der Waals surface area contributed by atoms with Gasteiger partial charge >= 0.3 is 0 Å². The molecule has 0 spiro atoms. The number of hydrogen-bond acceptors (Lipinski definition) is 6. The standard InChI is InChI=1S/C22H24O6/c1-3-19-20(21(27-11-17-9-25-17)13(1)5-15-7-23-15)4-2-14(6-16-8-24-16)22(19)28-12-18-10-26-18/h1-4,15-18H,5-12H2/t15?,16?,17-,18?/m1/s1. The zero-order chi connectivity index (χ0) is 18.5. The molecule has 0 amide bonds. The van der Waals surface area contributed by atoms with Gasteiger partial charge in [0.2, 0.25) is 0 Å². The zero-order valence-corrected chi connectivity index (χ0v) is 15.7. The molecular formula is C22H24O6. The Balaban J connectivity index is 1.39. The maximum atomic E-state index is 6.24. The van der Waals surface area contributed by atoms with E-state index in [1.807, 2.05) is 0 Å². The van der Waals surface area contributed by atoms with Gasteiger partial charge in [-0.25, -0.2) is 0 Å². The van der Waals surface area contributed by atoms with Crippen LogP contribution >= 0.6 is 0 Å². The van der Waals surface area contributed by atoms with Gasteiger partial charge in [-0.05, 0) is 11.1 Å². The highest BCUT2D eigenvalue weighted by Gasteiger charge is 2.30. The van der Waals surface area contributed by atoms with Gasteiger partial charge in [-0.3, -0.25) is 0 Å². The fraction of sp³-hybridized carbons (Fsp3) is 0.545. The average molecular weight is 384 g/mol. The van der Waals surface area contributed by atoms with Crippen molar-refractivity contribution in [2.45, 2.75) is 37.3 Å². The Morgan fingerprint density at radius 1 is 0.607 bits per heavy atom. The first-order valence-electron chi connectivity index (χ1n) is 10.1. The van der Waals surface area contributed by atoms with E-state index in [0.717, 1.165) is 61.5 Å². The minimum atomic E-state index is 0.217. The van der Waals surface area contributed by atoms with Gasteiger partial charge in [0.05, 0.1) is 38.6 Å². The summed E-state index contributed by atoms with van der Waals surface area (Å²) in [5.41, 5.74) is 2.37. The molecule has 2 aromatic carbocycles. The summed E-state index contributed by atoms with van der Waals surface area (Å²) >= 11 is 0. The largest absolute Gasteiger partial charge is 0.490 e. The van der Waals surface area contributed by atoms with Crippen LogP contribution in [0.15, 0.2) is 24.3 Å². The van der Waals surface area contributed by atoms with Crippen molar-refractivity contribution in [2.75, 3.05) is 39.6 Å². The summed E-state index contributed by atoms with van der Waals surface area (Å²) in [6.45, 7) is 4.40. The number of hydrogen-bond donors (Lipinski definition) is 0. The first kappa shape index (κ1) is 17.0. The predicted molar refractivity (Wildman–Crippen MR) is 101 cm³/mol. The molecule has 4 heterocycles. The highest BCUT2D eigenvalue weighted by molar-refractivity contribution is 5.95. The van der Waals surface area contributed by atoms with Crippen LogP contribution in [0.25, 0.3) is 10.8 Å². The van der Waals surface area contributed by atoms with Crippen LogP contribution in [0.5, 0.6) is 11.5 Å². The molecule has 0 N–H and O–H groups in total. The molecule has 0 aliphatic carbocycles. The van der Waals surface area contributed by atoms with Gasteiger partial charge in [0.15, 0.2) is 0 Å². The van der Waals surface area contributed by atoms with E-state index in [0.29, 0.717) is 25.4 Å². The van der Waals surface area contributed by atoms with E-state index in [1.54, 1.807) is 0 Å². The average Bonchev–Trinajstić information content (AvgIpc) is 3.55. The number of epoxide rings is 4. The van der Waals surface area contributed by atoms with E-state index in [1.165, 1.54) is 11.1 Å². The minimum absolute atomic E-state index is 0.217. The van der Waals surface area contributed by atoms with E-state index >= 15 is 0 Å². The molecule has 4 saturated heterocycles. The second-order valence-electron chi connectivity index (χ2n) is 8.05. The Hall–Kier alpha value is -1.86. The second-order valence-corrected chi connectivity index (χ2v) is 8.05. The Bertz CT molecular complexity index is 807. The Morgan fingerprint density at radius 2 is 1.00 bits per heavy atom. The van der Waals surface area contributed by atoms with Crippen molar-refractivity contribution in [1.29, 1.82) is 0 Å². The predicted octanol–water partition coefficient (Wildman–Crippen LogP) is 2.28. The molecule has 4 aliphatic heterocycles. The topological polar surface area (TPSA) is 68.6 Å². The first-order chi connectivity index (χ1) is 13.8. The highest BCUT2D eigenvalue weighted by atomic mass is 16.6. The van der Waals surface area contributed by atoms with Crippen LogP contribution in [0, 0.1) is 0 Å². The van der Waals surface area contributed by atoms with Crippen LogP contribution in [0.4, 0.5) is 0 Å². The molecule has 6 heteroatoms. The molecule has 4 atom stereocenters. The Kier molecular flexibility index (Phi) is 4.19. The monoisotopic (exact) mass is 384 g/mol. The van der Waals surface area contributed by atoms with Gasteiger partial charge in [-0.15, -0.1) is 0 Å². The summed E-state index contributed by atoms with van der Waals surface area (Å²) in [5.74, 6) is 1.87. The third-order valence-electron chi connectivity index (χ3n) is 5.60. The Morgan fingerprint density at radius 3 is 1.36 bits per heavy atom. The molecule has 0 saturated carbocycles. The van der Waals surface area contributed by atoms with E-state index in [-0.39, 0.29) is 12.2 Å². The lowest BCUT2D eigenvalue weighted by atomic mass is 9.97. The van der Waals surface area contributed by atoms with Crippen LogP contribution in [0.2, 0.25) is 0 Å². The van der Waals surface area contributed by atoms with Gasteiger partial charge in [-0.1, -0.05) is 24.3 Å². The van der Waals surface area contributed by atoms with Crippen LogP contribution in [0.3, 0.4) is 0 Å². The van der Waals surface area contributed by atoms with E-state index in [2.05, 4.69) is 24.3 Å². The Labute approximate surface area is 163 Å². The quantitative estimate of drug-likeness (QED) is 0.586. The molecule has 2 aromatic rings. The molecule has 6 nitrogen and oxygen atoms in total. The number of benzene rings is 2. The molecule has 4 fully saturated rings. The van der Waals surface area contributed by atoms with Crippen molar-refractivity contribution in [3.8, 4) is 11.5 Å². The third-order valence-corrected chi connectivity index (χ3v) is 5.60. The number of rotatable bonds is 10. The molecule has 4 aliphatic rings. The molecule has 3 unspecified atom stereocenters. The van der Waals surface area contributed by atoms with E-state index < -0.39 is 0 Å². The van der Waals surface area contributed by atoms with Crippen molar-refractivity contribution >= 4 is 10.8 Å². The normalized spacial score (nSPS) is 29.6. The van der Waals surface area contributed by atoms with Gasteiger partial charge < -0.3 is 28.4 Å². The lowest BCUT2D eigenvalue weighted by Crippen LogP contribution is -2.10. The summed E-state index contributed by atoms with van der Waals surface area (Å²) in [5, 5.41) is 2.18. The third kappa shape index (κ3) is 3.82. The maximum Gasteiger partial charge on any atom is 0.130 e. The highest BCUT2D eigenvalue weighted by Crippen LogP contribution is 2.40. The molecule has 148 valence electrons. The van der Waals surface area contributed by atoms with Crippen LogP contribution in [-0.4, -0.2) is 64.1 Å². The first-order valence-corrected chi connectivity index (χ1v) is 10.1. The van der Waals surface area contributed by atoms with Crippen molar-refractivity contribution in [3.05, 3.63) is 35.4 Å². The van der Waals surface area contributed by atoms with Crippen LogP contribution < -0.4 is 9.47 Å². The molecular weight excluding hydrogens is 360 g/mol. The van der Waals surface area contributed by atoms with E-state index in [9.17, 15) is 0 Å². The molecule has 0 aromatic heterocycles. The van der Waals surface area contributed by atoms with Crippen molar-refractivity contribution in [3.63, 3.8) is 0 Å². The van der Waals surface area contributed by atoms with Crippen molar-refractivity contribution in [2.24, 2.45) is 0 Å². The summed E-state index contributed by atoms with van der Waals surface area (Å²) in [6, 6.07) is 8.64. The second kappa shape index (κ2) is 6.88. The van der Waals surface area contributed by atoms with Gasteiger partial charge in [0, 0.05) is 23.6 Å². The van der Waals surface area contributed by atoms with Crippen molar-refractivity contribution < 1.29 is 28.4 Å². The lowest BCUT2D eigenvalue weighted by Gasteiger charge is -2.18. The minimum Gasteiger partial charge on any atom is -0.490 e. The smallest absolute Gasteiger partial charge is 0.130 e. The summed E-state index contributed by atoms with van der Waals surface area (Å²) in [4.78, 5) is 0. The summed E-state index contributed by atoms with van der Waals surface area (Å²) in [7, 11) is 0. The van der Waals surface area contributed by atoms with Crippen molar-refractivity contribution in [1.82, 2.24) is 0 Å². The fourth-order valence-electron chi connectivity index (χ4n) is 3.65. The molecule has 28 heavy (non-hydrogen) atoms. The summed E-state index contributed by atoms with van der Waals surface area (Å²) in [6.07, 6.45) is 2.81. The fourth-order valence-corrected chi connectivity index (χ4v) is 3.65. The lowest BCUT2D eigenvalue weighted by molar-refractivity contribution is 0.260. The van der Waals surface area contributed by atoms with Crippen LogP contribution in [-0.2, 0) is 31.8 Å². The molecule has 0 bridgehead atoms. The van der Waals surface area contributed by atoms with Gasteiger partial charge in [0.1, 0.15) is 36.9 Å².